The van der Waals surface area contributed by atoms with Crippen LogP contribution in [0.15, 0.2) is 42.7 Å². The largest absolute Gasteiger partial charge is 0.380 e. The predicted octanol–water partition coefficient (Wildman–Crippen LogP) is 4.16. The second-order valence-electron chi connectivity index (χ2n) is 11.0. The first-order valence-electron chi connectivity index (χ1n) is 12.0. The van der Waals surface area contributed by atoms with Crippen LogP contribution >= 0.6 is 0 Å². The van der Waals surface area contributed by atoms with Gasteiger partial charge >= 0.3 is 0 Å². The van der Waals surface area contributed by atoms with Crippen LogP contribution in [0.4, 0.5) is 5.69 Å². The average molecular weight is 434 g/mol. The number of carbonyl (C=O) groups is 1. The summed E-state index contributed by atoms with van der Waals surface area (Å²) in [7, 11) is 2.08. The zero-order chi connectivity index (χ0) is 22.7. The van der Waals surface area contributed by atoms with Crippen LogP contribution in [0.1, 0.15) is 62.6 Å². The molecule has 2 saturated heterocycles. The molecule has 0 spiro atoms. The van der Waals surface area contributed by atoms with Crippen molar-refractivity contribution in [1.82, 2.24) is 9.88 Å². The summed E-state index contributed by atoms with van der Waals surface area (Å²) in [4.78, 5) is 21.4. The highest BCUT2D eigenvalue weighted by atomic mass is 16.3. The summed E-state index contributed by atoms with van der Waals surface area (Å²) in [5.41, 5.74) is 2.20. The van der Waals surface area contributed by atoms with Crippen molar-refractivity contribution < 1.29 is 9.90 Å². The number of anilines is 1. The smallest absolute Gasteiger partial charge is 0.227 e. The number of hydrogen-bond donors (Lipinski definition) is 1. The van der Waals surface area contributed by atoms with E-state index in [9.17, 15) is 9.90 Å². The van der Waals surface area contributed by atoms with E-state index in [1.807, 2.05) is 11.0 Å². The monoisotopic (exact) mass is 433 g/mol. The van der Waals surface area contributed by atoms with Crippen molar-refractivity contribution >= 4 is 11.6 Å². The van der Waals surface area contributed by atoms with Crippen molar-refractivity contribution in [1.29, 1.82) is 0 Å². The summed E-state index contributed by atoms with van der Waals surface area (Å²) in [6.07, 6.45) is 6.69. The van der Waals surface area contributed by atoms with E-state index in [2.05, 4.69) is 62.0 Å². The van der Waals surface area contributed by atoms with Crippen molar-refractivity contribution in [3.05, 3.63) is 59.4 Å². The first-order chi connectivity index (χ1) is 15.2. The number of likely N-dealkylation sites (tertiary alicyclic amines) is 1. The van der Waals surface area contributed by atoms with Crippen LogP contribution in [-0.4, -0.2) is 47.6 Å². The number of aromatic nitrogens is 1. The highest BCUT2D eigenvalue weighted by Gasteiger charge is 2.55. The van der Waals surface area contributed by atoms with Gasteiger partial charge in [-0.05, 0) is 54.8 Å². The predicted molar refractivity (Wildman–Crippen MR) is 127 cm³/mol. The van der Waals surface area contributed by atoms with Crippen LogP contribution in [0, 0.1) is 17.3 Å². The number of aliphatic hydroxyl groups is 1. The van der Waals surface area contributed by atoms with Gasteiger partial charge in [0, 0.05) is 43.2 Å². The molecule has 170 valence electrons. The van der Waals surface area contributed by atoms with Crippen LogP contribution in [0.5, 0.6) is 0 Å². The molecule has 1 aromatic carbocycles. The minimum atomic E-state index is -1.18. The Kier molecular flexibility index (Phi) is 5.18. The first kappa shape index (κ1) is 21.6. The molecule has 3 heterocycles. The number of benzene rings is 1. The van der Waals surface area contributed by atoms with Gasteiger partial charge in [-0.1, -0.05) is 45.0 Å². The van der Waals surface area contributed by atoms with Crippen molar-refractivity contribution in [2.45, 2.75) is 51.6 Å². The van der Waals surface area contributed by atoms with Crippen LogP contribution < -0.4 is 4.90 Å². The summed E-state index contributed by atoms with van der Waals surface area (Å²) in [5.74, 6) is 1.79. The van der Waals surface area contributed by atoms with Gasteiger partial charge in [0.05, 0.1) is 11.9 Å². The fraction of sp³-hybridized carbons (Fsp3) is 0.556. The number of amides is 1. The third kappa shape index (κ3) is 3.46. The van der Waals surface area contributed by atoms with E-state index >= 15 is 0 Å². The van der Waals surface area contributed by atoms with Gasteiger partial charge in [-0.25, -0.2) is 0 Å². The molecule has 1 aromatic heterocycles. The van der Waals surface area contributed by atoms with Gasteiger partial charge < -0.3 is 14.9 Å². The summed E-state index contributed by atoms with van der Waals surface area (Å²) in [5, 5.41) is 12.4. The maximum Gasteiger partial charge on any atom is 0.227 e. The molecule has 0 radical (unpaired) electrons. The average Bonchev–Trinajstić information content (AvgIpc) is 3.54. The molecule has 2 unspecified atom stereocenters. The molecule has 32 heavy (non-hydrogen) atoms. The van der Waals surface area contributed by atoms with Crippen LogP contribution in [0.25, 0.3) is 0 Å². The Hall–Kier alpha value is -2.24. The third-order valence-electron chi connectivity index (χ3n) is 8.00. The summed E-state index contributed by atoms with van der Waals surface area (Å²) in [6.45, 7) is 8.88. The zero-order valence-corrected chi connectivity index (χ0v) is 19.7. The Morgan fingerprint density at radius 1 is 1.09 bits per heavy atom. The minimum Gasteiger partial charge on any atom is -0.380 e. The van der Waals surface area contributed by atoms with Crippen LogP contribution in [0.3, 0.4) is 0 Å². The Balaban J connectivity index is 1.54. The van der Waals surface area contributed by atoms with Gasteiger partial charge in [-0.2, -0.15) is 0 Å². The van der Waals surface area contributed by atoms with E-state index in [1.54, 1.807) is 12.4 Å². The molecule has 0 bridgehead atoms. The molecular formula is C27H35N3O2. The molecule has 5 nitrogen and oxygen atoms in total. The molecule has 2 aliphatic heterocycles. The minimum absolute atomic E-state index is 0.181. The molecule has 1 N–H and O–H groups in total. The van der Waals surface area contributed by atoms with E-state index in [0.717, 1.165) is 36.4 Å². The van der Waals surface area contributed by atoms with Gasteiger partial charge in [0.15, 0.2) is 0 Å². The lowest BCUT2D eigenvalue weighted by molar-refractivity contribution is -0.127. The quantitative estimate of drug-likeness (QED) is 0.743. The van der Waals surface area contributed by atoms with Gasteiger partial charge in [0.1, 0.15) is 5.60 Å². The van der Waals surface area contributed by atoms with Gasteiger partial charge in [-0.15, -0.1) is 0 Å². The number of carbonyl (C=O) groups excluding carboxylic acids is 1. The lowest BCUT2D eigenvalue weighted by Gasteiger charge is -2.56. The molecule has 5 rings (SSSR count). The molecule has 1 amide bonds. The van der Waals surface area contributed by atoms with E-state index in [1.165, 1.54) is 18.4 Å². The molecule has 3 fully saturated rings. The third-order valence-corrected chi connectivity index (χ3v) is 8.00. The Bertz CT molecular complexity index is 1010. The zero-order valence-electron chi connectivity index (χ0n) is 19.7. The van der Waals surface area contributed by atoms with Gasteiger partial charge in [0.25, 0.3) is 0 Å². The summed E-state index contributed by atoms with van der Waals surface area (Å²) in [6, 6.07) is 10.4. The van der Waals surface area contributed by atoms with Crippen molar-refractivity contribution in [2.24, 2.45) is 17.3 Å². The topological polar surface area (TPSA) is 56.7 Å². The Labute approximate surface area is 191 Å². The highest BCUT2D eigenvalue weighted by molar-refractivity contribution is 5.95. The highest BCUT2D eigenvalue weighted by Crippen LogP contribution is 2.51. The molecule has 5 heteroatoms. The molecule has 2 atom stereocenters. The number of nitrogens with zero attached hydrogens (tertiary/aromatic N) is 3. The fourth-order valence-electron chi connectivity index (χ4n) is 5.99. The number of hydrogen-bond acceptors (Lipinski definition) is 4. The SMILES string of the molecule is CC(C)c1ccc(C(O)(c2cncc(N3CC(C4CC4)CC3=O)c2)C2(C)CN(C)C2)cc1. The lowest BCUT2D eigenvalue weighted by Crippen LogP contribution is -2.63. The van der Waals surface area contributed by atoms with E-state index in [-0.39, 0.29) is 11.3 Å². The number of pyridine rings is 1. The van der Waals surface area contributed by atoms with Crippen LogP contribution in [0.2, 0.25) is 0 Å². The van der Waals surface area contributed by atoms with Crippen molar-refractivity contribution in [3.63, 3.8) is 0 Å². The molecule has 1 aliphatic carbocycles. The maximum absolute atomic E-state index is 12.8. The summed E-state index contributed by atoms with van der Waals surface area (Å²) >= 11 is 0. The molecule has 3 aliphatic rings. The van der Waals surface area contributed by atoms with Crippen molar-refractivity contribution in [3.8, 4) is 0 Å². The number of rotatable bonds is 6. The van der Waals surface area contributed by atoms with Gasteiger partial charge in [-0.3, -0.25) is 9.78 Å². The molecule has 1 saturated carbocycles. The van der Waals surface area contributed by atoms with E-state index in [0.29, 0.717) is 24.2 Å². The maximum atomic E-state index is 12.8. The van der Waals surface area contributed by atoms with E-state index < -0.39 is 5.60 Å². The first-order valence-corrected chi connectivity index (χ1v) is 12.0. The molecular weight excluding hydrogens is 398 g/mol. The van der Waals surface area contributed by atoms with E-state index in [4.69, 9.17) is 0 Å². The fourth-order valence-corrected chi connectivity index (χ4v) is 5.99. The molecule has 2 aromatic rings. The van der Waals surface area contributed by atoms with Crippen molar-refractivity contribution in [2.75, 3.05) is 31.6 Å². The summed E-state index contributed by atoms with van der Waals surface area (Å²) < 4.78 is 0. The standard InChI is InChI=1S/C27H35N3O2/c1-18(2)19-7-9-22(10-8-19)27(32,26(3)16-29(4)17-26)23-12-24(14-28-13-23)30-15-21(11-25(30)31)20-5-6-20/h7-10,12-14,18,20-21,32H,5-6,11,15-17H2,1-4H3. The second kappa shape index (κ2) is 7.67. The second-order valence-corrected chi connectivity index (χ2v) is 11.0. The normalized spacial score (nSPS) is 25.1. The lowest BCUT2D eigenvalue weighted by atomic mass is 9.62. The Morgan fingerprint density at radius 3 is 2.38 bits per heavy atom. The van der Waals surface area contributed by atoms with Gasteiger partial charge in [0.2, 0.25) is 5.91 Å². The Morgan fingerprint density at radius 2 is 1.78 bits per heavy atom. The van der Waals surface area contributed by atoms with Crippen LogP contribution in [-0.2, 0) is 10.4 Å².